The summed E-state index contributed by atoms with van der Waals surface area (Å²) in [6, 6.07) is 0. The van der Waals surface area contributed by atoms with Crippen LogP contribution < -0.4 is 11.8 Å². The average Bonchev–Trinajstić information content (AvgIpc) is 2.04. The lowest BCUT2D eigenvalue weighted by atomic mass is 10.8. The van der Waals surface area contributed by atoms with Crippen molar-refractivity contribution < 1.29 is 19.3 Å². The van der Waals surface area contributed by atoms with E-state index in [1.807, 2.05) is 0 Å². The van der Waals surface area contributed by atoms with Crippen LogP contribution in [0.4, 0.5) is 0 Å². The van der Waals surface area contributed by atoms with Crippen molar-refractivity contribution in [2.24, 2.45) is 11.8 Å². The molecule has 6 nitrogen and oxygen atoms in total. The van der Waals surface area contributed by atoms with E-state index in [0.29, 0.717) is 0 Å². The Kier molecular flexibility index (Phi) is 5.53. The van der Waals surface area contributed by atoms with E-state index < -0.39 is 11.9 Å². The van der Waals surface area contributed by atoms with Gasteiger partial charge in [0.15, 0.2) is 0 Å². The molecule has 0 spiro atoms. The molecule has 0 atom stereocenters. The van der Waals surface area contributed by atoms with Gasteiger partial charge in [-0.15, -0.1) is 11.8 Å². The van der Waals surface area contributed by atoms with E-state index in [1.54, 1.807) is 0 Å². The first kappa shape index (κ1) is 10.2. The summed E-state index contributed by atoms with van der Waals surface area (Å²) in [6.45, 7) is 0. The first-order valence-corrected chi connectivity index (χ1v) is 3.73. The monoisotopic (exact) mass is 180 g/mol. The molecule has 0 aliphatic rings. The molecule has 0 amide bonds. The molecule has 0 fully saturated rings. The van der Waals surface area contributed by atoms with Crippen LogP contribution in [0.1, 0.15) is 0 Å². The predicted octanol–water partition coefficient (Wildman–Crippen LogP) is -1.45. The Labute approximate surface area is 67.1 Å². The summed E-state index contributed by atoms with van der Waals surface area (Å²) in [7, 11) is 0. The van der Waals surface area contributed by atoms with Gasteiger partial charge in [0.2, 0.25) is 0 Å². The van der Waals surface area contributed by atoms with Crippen molar-refractivity contribution in [3.8, 4) is 0 Å². The van der Waals surface area contributed by atoms with Crippen molar-refractivity contribution in [3.05, 3.63) is 0 Å². The zero-order valence-corrected chi connectivity index (χ0v) is 6.43. The highest BCUT2D eigenvalue weighted by molar-refractivity contribution is 8.00. The predicted molar refractivity (Wildman–Crippen MR) is 37.9 cm³/mol. The van der Waals surface area contributed by atoms with Crippen LogP contribution in [0.2, 0.25) is 0 Å². The smallest absolute Gasteiger partial charge is 0.334 e. The zero-order chi connectivity index (χ0) is 8.69. The van der Waals surface area contributed by atoms with Gasteiger partial charge in [-0.05, 0) is 0 Å². The highest BCUT2D eigenvalue weighted by atomic mass is 32.2. The Balaban J connectivity index is 3.27. The van der Waals surface area contributed by atoms with Gasteiger partial charge in [0.1, 0.15) is 0 Å². The Morgan fingerprint density at radius 1 is 1.09 bits per heavy atom. The highest BCUT2D eigenvalue weighted by Crippen LogP contribution is 1.99. The van der Waals surface area contributed by atoms with Crippen LogP contribution in [0.15, 0.2) is 0 Å². The number of rotatable bonds is 4. The molecule has 0 heterocycles. The quantitative estimate of drug-likeness (QED) is 0.510. The maximum Gasteiger partial charge on any atom is 0.334 e. The van der Waals surface area contributed by atoms with Crippen molar-refractivity contribution in [2.45, 2.75) is 0 Å². The van der Waals surface area contributed by atoms with Crippen molar-refractivity contribution in [1.82, 2.24) is 0 Å². The molecule has 0 saturated heterocycles. The summed E-state index contributed by atoms with van der Waals surface area (Å²) >= 11 is 1.01. The van der Waals surface area contributed by atoms with E-state index >= 15 is 0 Å². The number of hydrogen-bond acceptors (Lipinski definition) is 7. The van der Waals surface area contributed by atoms with Gasteiger partial charge >= 0.3 is 11.9 Å². The van der Waals surface area contributed by atoms with Crippen LogP contribution in [0, 0.1) is 0 Å². The molecular formula is C4H8N2O4S. The van der Waals surface area contributed by atoms with Crippen molar-refractivity contribution >= 4 is 23.7 Å². The minimum absolute atomic E-state index is 0.00556. The van der Waals surface area contributed by atoms with Gasteiger partial charge in [-0.2, -0.15) is 11.8 Å². The number of hydrogen-bond donors (Lipinski definition) is 2. The third-order valence-corrected chi connectivity index (χ3v) is 1.58. The third-order valence-electron chi connectivity index (χ3n) is 0.703. The Bertz CT molecular complexity index is 135. The minimum Gasteiger partial charge on any atom is -0.373 e. The first-order valence-electron chi connectivity index (χ1n) is 2.57. The fourth-order valence-electron chi connectivity index (χ4n) is 0.286. The second-order valence-electron chi connectivity index (χ2n) is 1.47. The van der Waals surface area contributed by atoms with E-state index in [1.165, 1.54) is 0 Å². The van der Waals surface area contributed by atoms with E-state index in [-0.39, 0.29) is 11.5 Å². The Morgan fingerprint density at radius 2 is 1.45 bits per heavy atom. The van der Waals surface area contributed by atoms with Crippen LogP contribution in [0.3, 0.4) is 0 Å². The fourth-order valence-corrected chi connectivity index (χ4v) is 0.857. The number of thioether (sulfide) groups is 1. The SMILES string of the molecule is NOC(=O)CSCC(=O)ON. The molecule has 4 N–H and O–H groups in total. The molecule has 0 saturated carbocycles. The van der Waals surface area contributed by atoms with Crippen molar-refractivity contribution in [2.75, 3.05) is 11.5 Å². The van der Waals surface area contributed by atoms with Crippen LogP contribution in [-0.4, -0.2) is 23.4 Å². The zero-order valence-electron chi connectivity index (χ0n) is 5.61. The van der Waals surface area contributed by atoms with Gasteiger partial charge in [0.25, 0.3) is 0 Å². The van der Waals surface area contributed by atoms with Gasteiger partial charge in [-0.1, -0.05) is 0 Å². The molecule has 0 aliphatic heterocycles. The van der Waals surface area contributed by atoms with E-state index in [4.69, 9.17) is 0 Å². The molecule has 0 rings (SSSR count). The summed E-state index contributed by atoms with van der Waals surface area (Å²) in [4.78, 5) is 28.3. The largest absolute Gasteiger partial charge is 0.373 e. The summed E-state index contributed by atoms with van der Waals surface area (Å²) in [5.41, 5.74) is 0. The van der Waals surface area contributed by atoms with Crippen LogP contribution >= 0.6 is 11.8 Å². The van der Waals surface area contributed by atoms with Crippen molar-refractivity contribution in [1.29, 1.82) is 0 Å². The molecule has 0 bridgehead atoms. The first-order chi connectivity index (χ1) is 5.20. The number of carbonyl (C=O) groups is 2. The molecule has 0 aromatic carbocycles. The van der Waals surface area contributed by atoms with Gasteiger partial charge < -0.3 is 9.68 Å². The van der Waals surface area contributed by atoms with Crippen molar-refractivity contribution in [3.63, 3.8) is 0 Å². The fraction of sp³-hybridized carbons (Fsp3) is 0.500. The maximum absolute atomic E-state index is 10.3. The highest BCUT2D eigenvalue weighted by Gasteiger charge is 2.04. The molecule has 64 valence electrons. The van der Waals surface area contributed by atoms with Crippen LogP contribution in [-0.2, 0) is 19.3 Å². The second-order valence-corrected chi connectivity index (χ2v) is 2.46. The summed E-state index contributed by atoms with van der Waals surface area (Å²) in [5, 5.41) is 0. The number of nitrogens with two attached hydrogens (primary N) is 2. The Hall–Kier alpha value is -0.790. The van der Waals surface area contributed by atoms with E-state index in [2.05, 4.69) is 21.5 Å². The summed E-state index contributed by atoms with van der Waals surface area (Å²) in [5.74, 6) is 7.85. The maximum atomic E-state index is 10.3. The second kappa shape index (κ2) is 5.96. The standard InChI is InChI=1S/C4H8N2O4S/c5-9-3(7)1-11-2-4(8)10-6/h1-2,5-6H2. The van der Waals surface area contributed by atoms with Gasteiger partial charge in [0, 0.05) is 0 Å². The van der Waals surface area contributed by atoms with Gasteiger partial charge in [0.05, 0.1) is 11.5 Å². The molecule has 0 unspecified atom stereocenters. The number of carbonyl (C=O) groups excluding carboxylic acids is 2. The third kappa shape index (κ3) is 5.64. The normalized spacial score (nSPS) is 8.91. The van der Waals surface area contributed by atoms with E-state index in [0.717, 1.165) is 11.8 Å². The topological polar surface area (TPSA) is 105 Å². The van der Waals surface area contributed by atoms with E-state index in [9.17, 15) is 9.59 Å². The van der Waals surface area contributed by atoms with Crippen LogP contribution in [0.5, 0.6) is 0 Å². The minimum atomic E-state index is -0.597. The lowest BCUT2D eigenvalue weighted by molar-refractivity contribution is -0.141. The Morgan fingerprint density at radius 3 is 1.73 bits per heavy atom. The summed E-state index contributed by atoms with van der Waals surface area (Å²) in [6.07, 6.45) is 0. The molecule has 0 aromatic heterocycles. The lowest BCUT2D eigenvalue weighted by Crippen LogP contribution is -2.16. The molecule has 11 heavy (non-hydrogen) atoms. The van der Waals surface area contributed by atoms with Gasteiger partial charge in [-0.3, -0.25) is 0 Å². The molecular weight excluding hydrogens is 172 g/mol. The van der Waals surface area contributed by atoms with Gasteiger partial charge in [-0.25, -0.2) is 9.59 Å². The molecule has 0 aromatic rings. The molecule has 7 heteroatoms. The molecule has 0 radical (unpaired) electrons. The summed E-state index contributed by atoms with van der Waals surface area (Å²) < 4.78 is 0. The average molecular weight is 180 g/mol. The van der Waals surface area contributed by atoms with Crippen LogP contribution in [0.25, 0.3) is 0 Å². The molecule has 0 aliphatic carbocycles. The lowest BCUT2D eigenvalue weighted by Gasteiger charge is -1.96.